The van der Waals surface area contributed by atoms with Gasteiger partial charge in [-0.3, -0.25) is 4.79 Å². The Morgan fingerprint density at radius 3 is 2.00 bits per heavy atom. The molecule has 0 aliphatic heterocycles. The van der Waals surface area contributed by atoms with E-state index in [9.17, 15) is 4.79 Å². The molecule has 118 valence electrons. The van der Waals surface area contributed by atoms with Crippen LogP contribution in [-0.2, 0) is 4.79 Å². The molecule has 0 aromatic carbocycles. The lowest BCUT2D eigenvalue weighted by atomic mass is 10.0. The van der Waals surface area contributed by atoms with Crippen LogP contribution in [0.2, 0.25) is 0 Å². The van der Waals surface area contributed by atoms with E-state index < -0.39 is 0 Å². The van der Waals surface area contributed by atoms with E-state index in [1.807, 2.05) is 0 Å². The van der Waals surface area contributed by atoms with Crippen molar-refractivity contribution in [3.05, 3.63) is 0 Å². The standard InChI is InChI=1S/C19H36O/c1-3-5-7-9-11-12-14-17-16-18(17)19(20)15-13-10-8-6-4-2/h17-18H,3-16H2,1-2H3. The third-order valence-electron chi connectivity index (χ3n) is 4.79. The molecule has 1 rings (SSSR count). The first-order valence-electron chi connectivity index (χ1n) is 9.32. The zero-order valence-electron chi connectivity index (χ0n) is 14.0. The summed E-state index contributed by atoms with van der Waals surface area (Å²) >= 11 is 0. The summed E-state index contributed by atoms with van der Waals surface area (Å²) in [4.78, 5) is 12.0. The maximum absolute atomic E-state index is 12.0. The van der Waals surface area contributed by atoms with Crippen molar-refractivity contribution in [2.24, 2.45) is 11.8 Å². The molecule has 0 amide bonds. The second-order valence-corrected chi connectivity index (χ2v) is 6.79. The van der Waals surface area contributed by atoms with Gasteiger partial charge in [0.2, 0.25) is 0 Å². The predicted molar refractivity (Wildman–Crippen MR) is 88.0 cm³/mol. The smallest absolute Gasteiger partial charge is 0.136 e. The van der Waals surface area contributed by atoms with E-state index in [0.29, 0.717) is 11.7 Å². The van der Waals surface area contributed by atoms with Crippen molar-refractivity contribution in [1.29, 1.82) is 0 Å². The number of rotatable bonds is 14. The maximum atomic E-state index is 12.0. The van der Waals surface area contributed by atoms with Crippen molar-refractivity contribution in [3.8, 4) is 0 Å². The van der Waals surface area contributed by atoms with Crippen molar-refractivity contribution in [2.75, 3.05) is 0 Å². The van der Waals surface area contributed by atoms with Gasteiger partial charge in [-0.25, -0.2) is 0 Å². The van der Waals surface area contributed by atoms with Gasteiger partial charge in [0.15, 0.2) is 0 Å². The van der Waals surface area contributed by atoms with Gasteiger partial charge in [0.05, 0.1) is 0 Å². The first kappa shape index (κ1) is 17.7. The summed E-state index contributed by atoms with van der Waals surface area (Å²) < 4.78 is 0. The molecule has 0 N–H and O–H groups in total. The number of carbonyl (C=O) groups excluding carboxylic acids is 1. The van der Waals surface area contributed by atoms with E-state index in [2.05, 4.69) is 13.8 Å². The van der Waals surface area contributed by atoms with Gasteiger partial charge in [0, 0.05) is 12.3 Å². The number of ketones is 1. The molecule has 0 saturated heterocycles. The van der Waals surface area contributed by atoms with E-state index in [-0.39, 0.29) is 0 Å². The van der Waals surface area contributed by atoms with Crippen LogP contribution in [0, 0.1) is 11.8 Å². The van der Waals surface area contributed by atoms with Gasteiger partial charge in [0.25, 0.3) is 0 Å². The Morgan fingerprint density at radius 1 is 0.800 bits per heavy atom. The molecule has 0 spiro atoms. The van der Waals surface area contributed by atoms with E-state index in [1.54, 1.807) is 0 Å². The summed E-state index contributed by atoms with van der Waals surface area (Å²) in [6.07, 6.45) is 18.0. The minimum Gasteiger partial charge on any atom is -0.299 e. The van der Waals surface area contributed by atoms with Crippen LogP contribution in [0.1, 0.15) is 104 Å². The highest BCUT2D eigenvalue weighted by Gasteiger charge is 2.40. The summed E-state index contributed by atoms with van der Waals surface area (Å²) in [5.41, 5.74) is 0. The molecular formula is C19H36O. The Bertz CT molecular complexity index is 246. The molecule has 2 atom stereocenters. The highest BCUT2D eigenvalue weighted by Crippen LogP contribution is 2.44. The highest BCUT2D eigenvalue weighted by atomic mass is 16.1. The molecule has 0 radical (unpaired) electrons. The molecule has 2 unspecified atom stereocenters. The fraction of sp³-hybridized carbons (Fsp3) is 0.947. The van der Waals surface area contributed by atoms with Crippen LogP contribution < -0.4 is 0 Å². The van der Waals surface area contributed by atoms with E-state index in [1.165, 1.54) is 77.0 Å². The maximum Gasteiger partial charge on any atom is 0.136 e. The second kappa shape index (κ2) is 11.3. The SMILES string of the molecule is CCCCCCCCC1CC1C(=O)CCCCCCC. The number of hydrogen-bond donors (Lipinski definition) is 0. The third-order valence-corrected chi connectivity index (χ3v) is 4.79. The Morgan fingerprint density at radius 2 is 1.35 bits per heavy atom. The van der Waals surface area contributed by atoms with E-state index in [0.717, 1.165) is 18.8 Å². The summed E-state index contributed by atoms with van der Waals surface area (Å²) in [5, 5.41) is 0. The number of unbranched alkanes of at least 4 members (excludes halogenated alkanes) is 9. The molecule has 0 bridgehead atoms. The fourth-order valence-corrected chi connectivity index (χ4v) is 3.24. The molecule has 0 aromatic heterocycles. The van der Waals surface area contributed by atoms with Crippen LogP contribution in [0.25, 0.3) is 0 Å². The average molecular weight is 280 g/mol. The zero-order chi connectivity index (χ0) is 14.6. The first-order chi connectivity index (χ1) is 9.79. The van der Waals surface area contributed by atoms with Gasteiger partial charge < -0.3 is 0 Å². The topological polar surface area (TPSA) is 17.1 Å². The minimum atomic E-state index is 0.469. The summed E-state index contributed by atoms with van der Waals surface area (Å²) in [6, 6.07) is 0. The van der Waals surface area contributed by atoms with Gasteiger partial charge in [-0.1, -0.05) is 78.1 Å². The van der Waals surface area contributed by atoms with Crippen molar-refractivity contribution in [2.45, 2.75) is 104 Å². The normalized spacial score (nSPS) is 21.1. The summed E-state index contributed by atoms with van der Waals surface area (Å²) in [6.45, 7) is 4.50. The lowest BCUT2D eigenvalue weighted by Crippen LogP contribution is -2.02. The van der Waals surface area contributed by atoms with Crippen LogP contribution >= 0.6 is 0 Å². The lowest BCUT2D eigenvalue weighted by Gasteiger charge is -2.02. The van der Waals surface area contributed by atoms with Crippen LogP contribution in [0.3, 0.4) is 0 Å². The lowest BCUT2D eigenvalue weighted by molar-refractivity contribution is -0.120. The van der Waals surface area contributed by atoms with Crippen molar-refractivity contribution in [3.63, 3.8) is 0 Å². The van der Waals surface area contributed by atoms with E-state index in [4.69, 9.17) is 0 Å². The summed E-state index contributed by atoms with van der Waals surface area (Å²) in [7, 11) is 0. The molecule has 1 nitrogen and oxygen atoms in total. The highest BCUT2D eigenvalue weighted by molar-refractivity contribution is 5.83. The van der Waals surface area contributed by atoms with Gasteiger partial charge >= 0.3 is 0 Å². The Labute approximate surface area is 126 Å². The first-order valence-corrected chi connectivity index (χ1v) is 9.32. The zero-order valence-corrected chi connectivity index (χ0v) is 14.0. The molecule has 1 fully saturated rings. The van der Waals surface area contributed by atoms with Crippen molar-refractivity contribution in [1.82, 2.24) is 0 Å². The Kier molecular flexibility index (Phi) is 10.1. The summed E-state index contributed by atoms with van der Waals surface area (Å²) in [5.74, 6) is 1.82. The number of hydrogen-bond acceptors (Lipinski definition) is 1. The molecule has 1 saturated carbocycles. The molecule has 1 heteroatoms. The monoisotopic (exact) mass is 280 g/mol. The molecule has 1 aliphatic rings. The van der Waals surface area contributed by atoms with Crippen LogP contribution in [0.4, 0.5) is 0 Å². The van der Waals surface area contributed by atoms with Gasteiger partial charge in [-0.05, 0) is 25.2 Å². The molecule has 0 heterocycles. The van der Waals surface area contributed by atoms with Crippen molar-refractivity contribution < 1.29 is 4.79 Å². The van der Waals surface area contributed by atoms with Crippen LogP contribution in [0.15, 0.2) is 0 Å². The number of Topliss-reactive ketones (excluding diaryl/α,β-unsaturated/α-hetero) is 1. The van der Waals surface area contributed by atoms with Crippen molar-refractivity contribution >= 4 is 5.78 Å². The number of carbonyl (C=O) groups is 1. The van der Waals surface area contributed by atoms with E-state index >= 15 is 0 Å². The second-order valence-electron chi connectivity index (χ2n) is 6.79. The largest absolute Gasteiger partial charge is 0.299 e. The van der Waals surface area contributed by atoms with Gasteiger partial charge in [0.1, 0.15) is 5.78 Å². The third kappa shape index (κ3) is 8.07. The van der Waals surface area contributed by atoms with Gasteiger partial charge in [-0.15, -0.1) is 0 Å². The average Bonchev–Trinajstić information content (AvgIpc) is 3.22. The molecular weight excluding hydrogens is 244 g/mol. The van der Waals surface area contributed by atoms with Crippen LogP contribution in [0.5, 0.6) is 0 Å². The fourth-order valence-electron chi connectivity index (χ4n) is 3.24. The molecule has 0 aromatic rings. The molecule has 1 aliphatic carbocycles. The van der Waals surface area contributed by atoms with Gasteiger partial charge in [-0.2, -0.15) is 0 Å². The molecule has 20 heavy (non-hydrogen) atoms. The predicted octanol–water partition coefficient (Wildman–Crippen LogP) is 6.30. The Hall–Kier alpha value is -0.330. The van der Waals surface area contributed by atoms with Crippen LogP contribution in [-0.4, -0.2) is 5.78 Å². The minimum absolute atomic E-state index is 0.469. The quantitative estimate of drug-likeness (QED) is 0.341. The Balaban J connectivity index is 1.90.